The molecule has 2 aromatic heterocycles. The first kappa shape index (κ1) is 28.2. The molecule has 7 rings (SSSR count). The maximum Gasteiger partial charge on any atom is 0.335 e. The Kier molecular flexibility index (Phi) is 7.35. The predicted octanol–water partition coefficient (Wildman–Crippen LogP) is 4.50. The van der Waals surface area contributed by atoms with E-state index >= 15 is 0 Å². The number of nitrogens with zero attached hydrogens (tertiary/aromatic N) is 6. The number of carboxylic acid groups (broad SMARTS) is 1. The molecule has 1 N–H and O–H groups in total. The second kappa shape index (κ2) is 11.5. The highest BCUT2D eigenvalue weighted by molar-refractivity contribution is 5.92. The van der Waals surface area contributed by atoms with Crippen molar-refractivity contribution in [2.75, 3.05) is 24.6 Å². The number of piperazine rings is 1. The van der Waals surface area contributed by atoms with E-state index in [2.05, 4.69) is 14.8 Å². The van der Waals surface area contributed by atoms with E-state index in [4.69, 9.17) is 19.7 Å². The van der Waals surface area contributed by atoms with Crippen molar-refractivity contribution in [1.29, 1.82) is 5.26 Å². The van der Waals surface area contributed by atoms with Crippen LogP contribution in [0.4, 0.5) is 14.6 Å². The third-order valence-corrected chi connectivity index (χ3v) is 8.92. The molecule has 3 atom stereocenters. The zero-order valence-electron chi connectivity index (χ0n) is 23.8. The molecule has 0 unspecified atom stereocenters. The van der Waals surface area contributed by atoms with Crippen LogP contribution in [-0.2, 0) is 24.4 Å². The number of carbonyl (C=O) groups is 1. The zero-order chi connectivity index (χ0) is 30.4. The molecule has 0 radical (unpaired) electrons. The SMILES string of the molecule is N#Cc1ccc(COc2cccc(N3CCN(Cc4nc5c(F)cc(C(=O)O)cc5n4C[C@@H]4CCO4)[C@@H]4CC[C@H]43)n2)c(F)c1. The smallest absolute Gasteiger partial charge is 0.335 e. The second-order valence-electron chi connectivity index (χ2n) is 11.5. The van der Waals surface area contributed by atoms with E-state index in [9.17, 15) is 18.7 Å². The van der Waals surface area contributed by atoms with Crippen molar-refractivity contribution in [2.24, 2.45) is 0 Å². The number of anilines is 1. The van der Waals surface area contributed by atoms with Crippen molar-refractivity contribution in [3.63, 3.8) is 0 Å². The Labute approximate surface area is 252 Å². The van der Waals surface area contributed by atoms with Gasteiger partial charge in [-0.2, -0.15) is 10.2 Å². The van der Waals surface area contributed by atoms with E-state index in [0.717, 1.165) is 37.7 Å². The summed E-state index contributed by atoms with van der Waals surface area (Å²) in [6.07, 6.45) is 2.87. The molecular weight excluding hydrogens is 570 g/mol. The summed E-state index contributed by atoms with van der Waals surface area (Å²) in [7, 11) is 0. The van der Waals surface area contributed by atoms with Crippen molar-refractivity contribution in [3.8, 4) is 11.9 Å². The molecule has 10 nitrogen and oxygen atoms in total. The number of imidazole rings is 1. The van der Waals surface area contributed by atoms with Crippen LogP contribution in [0.5, 0.6) is 5.88 Å². The Bertz CT molecular complexity index is 1780. The number of aromatic carboxylic acids is 1. The van der Waals surface area contributed by atoms with Gasteiger partial charge < -0.3 is 24.0 Å². The van der Waals surface area contributed by atoms with E-state index < -0.39 is 17.6 Å². The minimum Gasteiger partial charge on any atom is -0.478 e. The Balaban J connectivity index is 1.08. The topological polar surface area (TPSA) is 117 Å². The van der Waals surface area contributed by atoms with Gasteiger partial charge in [-0.3, -0.25) is 4.90 Å². The van der Waals surface area contributed by atoms with Gasteiger partial charge in [0.1, 0.15) is 29.6 Å². The minimum atomic E-state index is -1.18. The number of benzene rings is 2. The van der Waals surface area contributed by atoms with Crippen LogP contribution in [0.1, 0.15) is 46.6 Å². The third kappa shape index (κ3) is 5.22. The first-order valence-electron chi connectivity index (χ1n) is 14.7. The number of hydrogen-bond donors (Lipinski definition) is 1. The number of aromatic nitrogens is 3. The van der Waals surface area contributed by atoms with Crippen LogP contribution in [0, 0.1) is 23.0 Å². The number of fused-ring (bicyclic) bond motifs is 2. The minimum absolute atomic E-state index is 0.00469. The molecule has 2 saturated heterocycles. The van der Waals surface area contributed by atoms with Crippen LogP contribution in [0.15, 0.2) is 48.5 Å². The maximum absolute atomic E-state index is 15.0. The molecule has 1 aliphatic carbocycles. The molecule has 2 aromatic carbocycles. The van der Waals surface area contributed by atoms with Gasteiger partial charge in [0.25, 0.3) is 0 Å². The van der Waals surface area contributed by atoms with Gasteiger partial charge in [-0.25, -0.2) is 18.6 Å². The molecule has 0 bridgehead atoms. The van der Waals surface area contributed by atoms with Crippen LogP contribution >= 0.6 is 0 Å². The Morgan fingerprint density at radius 1 is 1.07 bits per heavy atom. The number of pyridine rings is 1. The highest BCUT2D eigenvalue weighted by Gasteiger charge is 2.44. The predicted molar refractivity (Wildman–Crippen MR) is 155 cm³/mol. The number of nitriles is 1. The number of hydrogen-bond acceptors (Lipinski definition) is 8. The molecule has 4 heterocycles. The van der Waals surface area contributed by atoms with Gasteiger partial charge in [0, 0.05) is 43.4 Å². The highest BCUT2D eigenvalue weighted by Crippen LogP contribution is 2.37. The summed E-state index contributed by atoms with van der Waals surface area (Å²) >= 11 is 0. The Morgan fingerprint density at radius 2 is 1.91 bits per heavy atom. The first-order chi connectivity index (χ1) is 21.4. The van der Waals surface area contributed by atoms with Crippen LogP contribution in [0.3, 0.4) is 0 Å². The average molecular weight is 601 g/mol. The van der Waals surface area contributed by atoms with Crippen molar-refractivity contribution in [1.82, 2.24) is 19.4 Å². The van der Waals surface area contributed by atoms with Crippen LogP contribution in [0.25, 0.3) is 11.0 Å². The van der Waals surface area contributed by atoms with Crippen LogP contribution in [0.2, 0.25) is 0 Å². The quantitative estimate of drug-likeness (QED) is 0.296. The van der Waals surface area contributed by atoms with Gasteiger partial charge in [0.05, 0.1) is 41.9 Å². The van der Waals surface area contributed by atoms with Crippen molar-refractivity contribution >= 4 is 22.8 Å². The maximum atomic E-state index is 15.0. The third-order valence-electron chi connectivity index (χ3n) is 8.92. The van der Waals surface area contributed by atoms with Crippen molar-refractivity contribution in [2.45, 2.75) is 57.1 Å². The molecule has 4 aromatic rings. The summed E-state index contributed by atoms with van der Waals surface area (Å²) in [4.78, 5) is 25.7. The van der Waals surface area contributed by atoms with Gasteiger partial charge in [-0.05, 0) is 49.6 Å². The Morgan fingerprint density at radius 3 is 2.61 bits per heavy atom. The zero-order valence-corrected chi connectivity index (χ0v) is 23.8. The molecule has 44 heavy (non-hydrogen) atoms. The lowest BCUT2D eigenvalue weighted by Gasteiger charge is -2.54. The first-order valence-corrected chi connectivity index (χ1v) is 14.7. The summed E-state index contributed by atoms with van der Waals surface area (Å²) in [5.41, 5.74) is 1.14. The number of ether oxygens (including phenoxy) is 2. The number of carboxylic acids is 1. The van der Waals surface area contributed by atoms with Gasteiger partial charge in [-0.15, -0.1) is 0 Å². The molecule has 3 aliphatic rings. The molecule has 3 fully saturated rings. The van der Waals surface area contributed by atoms with Gasteiger partial charge in [0.15, 0.2) is 5.82 Å². The standard InChI is InChI=1S/C32H30F2N6O4/c33-23-12-19(15-35)4-5-20(23)18-44-30-3-1-2-28(36-30)39-10-9-38(25-6-7-26(25)39)17-29-37-31-24(34)13-21(32(41)42)14-27(31)40(29)16-22-8-11-43-22/h1-5,12-14,22,25-26H,6-11,16-18H2,(H,41,42)/t22-,25+,26+/m0/s1. The van der Waals surface area contributed by atoms with Crippen molar-refractivity contribution in [3.05, 3.63) is 82.7 Å². The molecular formula is C32H30F2N6O4. The van der Waals surface area contributed by atoms with E-state index in [1.165, 1.54) is 12.1 Å². The normalized spacial score (nSPS) is 21.3. The van der Waals surface area contributed by atoms with Crippen LogP contribution in [-0.4, -0.2) is 68.4 Å². The van der Waals surface area contributed by atoms with E-state index in [-0.39, 0.29) is 41.4 Å². The fourth-order valence-electron chi connectivity index (χ4n) is 6.32. The lowest BCUT2D eigenvalue weighted by molar-refractivity contribution is -0.0594. The molecule has 226 valence electrons. The van der Waals surface area contributed by atoms with E-state index in [1.54, 1.807) is 18.2 Å². The molecule has 1 saturated carbocycles. The van der Waals surface area contributed by atoms with Crippen molar-refractivity contribution < 1.29 is 28.2 Å². The van der Waals surface area contributed by atoms with Crippen LogP contribution < -0.4 is 9.64 Å². The summed E-state index contributed by atoms with van der Waals surface area (Å²) in [6.45, 7) is 3.12. The number of halogens is 2. The molecule has 2 aliphatic heterocycles. The second-order valence-corrected chi connectivity index (χ2v) is 11.5. The molecule has 0 spiro atoms. The average Bonchev–Trinajstić information content (AvgIpc) is 3.32. The van der Waals surface area contributed by atoms with Gasteiger partial charge in [-0.1, -0.05) is 12.1 Å². The highest BCUT2D eigenvalue weighted by atomic mass is 19.1. The summed E-state index contributed by atoms with van der Waals surface area (Å²) in [5.74, 6) is -0.449. The van der Waals surface area contributed by atoms with Gasteiger partial charge >= 0.3 is 5.97 Å². The summed E-state index contributed by atoms with van der Waals surface area (Å²) in [6, 6.07) is 14.8. The lowest BCUT2D eigenvalue weighted by atomic mass is 9.81. The van der Waals surface area contributed by atoms with Gasteiger partial charge in [0.2, 0.25) is 5.88 Å². The summed E-state index contributed by atoms with van der Waals surface area (Å²) in [5, 5.41) is 18.5. The van der Waals surface area contributed by atoms with E-state index in [0.29, 0.717) is 49.0 Å². The fourth-order valence-corrected chi connectivity index (χ4v) is 6.32. The largest absolute Gasteiger partial charge is 0.478 e. The molecule has 0 amide bonds. The molecule has 12 heteroatoms. The Hall–Kier alpha value is -4.60. The lowest BCUT2D eigenvalue weighted by Crippen LogP contribution is -2.64. The fraction of sp³-hybridized carbons (Fsp3) is 0.375. The van der Waals surface area contributed by atoms with E-state index in [1.807, 2.05) is 22.8 Å². The number of rotatable bonds is 9. The monoisotopic (exact) mass is 600 g/mol. The summed E-state index contributed by atoms with van der Waals surface area (Å²) < 4.78 is 42.7.